The van der Waals surface area contributed by atoms with Gasteiger partial charge in [-0.05, 0) is 54.2 Å². The number of aryl methyl sites for hydroxylation is 1. The lowest BCUT2D eigenvalue weighted by Gasteiger charge is -2.21. The lowest BCUT2D eigenvalue weighted by molar-refractivity contribution is -0.123. The molecule has 3 rings (SSSR count). The number of hydrogen-bond donors (Lipinski definition) is 2. The Balaban J connectivity index is 1.70. The zero-order valence-corrected chi connectivity index (χ0v) is 19.1. The second-order valence-electron chi connectivity index (χ2n) is 7.83. The molecule has 2 amide bonds. The van der Waals surface area contributed by atoms with Crippen molar-refractivity contribution in [2.75, 3.05) is 22.1 Å². The van der Waals surface area contributed by atoms with Gasteiger partial charge in [-0.15, -0.1) is 34.9 Å². The van der Waals surface area contributed by atoms with Crippen molar-refractivity contribution in [3.05, 3.63) is 46.3 Å². The van der Waals surface area contributed by atoms with Crippen molar-refractivity contribution < 1.29 is 9.59 Å². The van der Waals surface area contributed by atoms with Crippen LogP contribution in [0.15, 0.2) is 30.3 Å². The summed E-state index contributed by atoms with van der Waals surface area (Å²) < 4.78 is 0.438. The number of anilines is 2. The summed E-state index contributed by atoms with van der Waals surface area (Å²) in [6.07, 6.45) is 1.26. The standard InChI is InChI=1S/C21H26N2O2S3/c1-13-11-16(23-20(25)21(2,3)4)28-17(13)18(24)22-15-8-5-7-14(12-15)19-26-9-6-10-27-19/h5,7-8,11-12,19H,6,9-10H2,1-4H3,(H,22,24)(H,23,25). The highest BCUT2D eigenvalue weighted by molar-refractivity contribution is 8.16. The molecule has 0 atom stereocenters. The van der Waals surface area contributed by atoms with Crippen LogP contribution in [0, 0.1) is 12.3 Å². The molecule has 1 fully saturated rings. The maximum atomic E-state index is 12.8. The van der Waals surface area contributed by atoms with Crippen LogP contribution in [-0.2, 0) is 4.79 Å². The van der Waals surface area contributed by atoms with Crippen molar-refractivity contribution in [2.24, 2.45) is 5.41 Å². The summed E-state index contributed by atoms with van der Waals surface area (Å²) in [5.74, 6) is 2.17. The lowest BCUT2D eigenvalue weighted by Crippen LogP contribution is -2.27. The van der Waals surface area contributed by atoms with Crippen LogP contribution in [0.3, 0.4) is 0 Å². The topological polar surface area (TPSA) is 58.2 Å². The van der Waals surface area contributed by atoms with Crippen molar-refractivity contribution in [1.82, 2.24) is 0 Å². The monoisotopic (exact) mass is 434 g/mol. The Morgan fingerprint density at radius 2 is 1.79 bits per heavy atom. The van der Waals surface area contributed by atoms with Gasteiger partial charge in [0.05, 0.1) is 14.5 Å². The van der Waals surface area contributed by atoms with E-state index in [-0.39, 0.29) is 11.8 Å². The third kappa shape index (κ3) is 5.33. The minimum absolute atomic E-state index is 0.0594. The fourth-order valence-corrected chi connectivity index (χ4v) is 6.54. The Hall–Kier alpha value is -1.44. The second-order valence-corrected chi connectivity index (χ2v) is 11.6. The molecule has 1 aliphatic rings. The number of hydrogen-bond acceptors (Lipinski definition) is 5. The first-order valence-corrected chi connectivity index (χ1v) is 12.2. The molecule has 0 aliphatic carbocycles. The SMILES string of the molecule is Cc1cc(NC(=O)C(C)(C)C)sc1C(=O)Nc1cccc(C2SCCCS2)c1. The van der Waals surface area contributed by atoms with Gasteiger partial charge in [-0.25, -0.2) is 0 Å². The number of nitrogens with one attached hydrogen (secondary N) is 2. The zero-order valence-electron chi connectivity index (χ0n) is 16.6. The van der Waals surface area contributed by atoms with E-state index in [1.54, 1.807) is 0 Å². The molecule has 0 unspecified atom stereocenters. The number of rotatable bonds is 4. The molecule has 2 heterocycles. The van der Waals surface area contributed by atoms with Gasteiger partial charge >= 0.3 is 0 Å². The van der Waals surface area contributed by atoms with Gasteiger partial charge in [0, 0.05) is 11.1 Å². The highest BCUT2D eigenvalue weighted by atomic mass is 32.2. The third-order valence-electron chi connectivity index (χ3n) is 4.29. The van der Waals surface area contributed by atoms with E-state index in [4.69, 9.17) is 0 Å². The molecule has 1 aliphatic heterocycles. The van der Waals surface area contributed by atoms with Gasteiger partial charge in [0.2, 0.25) is 5.91 Å². The van der Waals surface area contributed by atoms with E-state index in [9.17, 15) is 9.59 Å². The van der Waals surface area contributed by atoms with E-state index >= 15 is 0 Å². The number of amides is 2. The molecule has 28 heavy (non-hydrogen) atoms. The van der Waals surface area contributed by atoms with E-state index in [0.29, 0.717) is 14.5 Å². The summed E-state index contributed by atoms with van der Waals surface area (Å²) in [6.45, 7) is 7.49. The summed E-state index contributed by atoms with van der Waals surface area (Å²) in [5, 5.41) is 6.62. The number of thiophene rings is 1. The summed E-state index contributed by atoms with van der Waals surface area (Å²) in [4.78, 5) is 25.6. The quantitative estimate of drug-likeness (QED) is 0.605. The average molecular weight is 435 g/mol. The maximum absolute atomic E-state index is 12.8. The molecule has 2 N–H and O–H groups in total. The summed E-state index contributed by atoms with van der Waals surface area (Å²) in [5.41, 5.74) is 2.44. The van der Waals surface area contributed by atoms with Crippen LogP contribution >= 0.6 is 34.9 Å². The van der Waals surface area contributed by atoms with Gasteiger partial charge < -0.3 is 10.6 Å². The Morgan fingerprint density at radius 3 is 2.46 bits per heavy atom. The van der Waals surface area contributed by atoms with Crippen molar-refractivity contribution in [1.29, 1.82) is 0 Å². The highest BCUT2D eigenvalue weighted by Gasteiger charge is 2.23. The number of thioether (sulfide) groups is 2. The van der Waals surface area contributed by atoms with Crippen LogP contribution in [0.4, 0.5) is 10.7 Å². The molecular formula is C21H26N2O2S3. The van der Waals surface area contributed by atoms with Crippen molar-refractivity contribution in [3.8, 4) is 0 Å². The normalized spacial score (nSPS) is 15.3. The van der Waals surface area contributed by atoms with Gasteiger partial charge in [-0.1, -0.05) is 32.9 Å². The fraction of sp³-hybridized carbons (Fsp3) is 0.429. The van der Waals surface area contributed by atoms with E-state index < -0.39 is 5.41 Å². The van der Waals surface area contributed by atoms with Crippen LogP contribution < -0.4 is 10.6 Å². The highest BCUT2D eigenvalue weighted by Crippen LogP contribution is 2.44. The maximum Gasteiger partial charge on any atom is 0.266 e. The van der Waals surface area contributed by atoms with Gasteiger partial charge in [0.15, 0.2) is 0 Å². The van der Waals surface area contributed by atoms with E-state index in [1.807, 2.05) is 69.4 Å². The molecule has 150 valence electrons. The molecule has 4 nitrogen and oxygen atoms in total. The van der Waals surface area contributed by atoms with Gasteiger partial charge in [-0.2, -0.15) is 0 Å². The van der Waals surface area contributed by atoms with Crippen LogP contribution in [0.25, 0.3) is 0 Å². The first-order chi connectivity index (χ1) is 13.2. The van der Waals surface area contributed by atoms with Gasteiger partial charge in [-0.3, -0.25) is 9.59 Å². The van der Waals surface area contributed by atoms with Crippen LogP contribution in [0.2, 0.25) is 0 Å². The summed E-state index contributed by atoms with van der Waals surface area (Å²) in [6, 6.07) is 9.97. The lowest BCUT2D eigenvalue weighted by atomic mass is 9.96. The van der Waals surface area contributed by atoms with Crippen molar-refractivity contribution in [2.45, 2.75) is 38.7 Å². The Labute approximate surface area is 179 Å². The van der Waals surface area contributed by atoms with Crippen molar-refractivity contribution in [3.63, 3.8) is 0 Å². The van der Waals surface area contributed by atoms with Gasteiger partial charge in [0.25, 0.3) is 5.91 Å². The second kappa shape index (κ2) is 8.93. The Kier molecular flexibility index (Phi) is 6.78. The molecule has 1 aromatic heterocycles. The Morgan fingerprint density at radius 1 is 1.07 bits per heavy atom. The molecule has 1 aromatic carbocycles. The molecule has 2 aromatic rings. The van der Waals surface area contributed by atoms with E-state index in [1.165, 1.54) is 34.8 Å². The van der Waals surface area contributed by atoms with Gasteiger partial charge in [0.1, 0.15) is 0 Å². The number of carbonyl (C=O) groups excluding carboxylic acids is 2. The molecule has 1 saturated heterocycles. The number of benzene rings is 1. The third-order valence-corrected chi connectivity index (χ3v) is 8.45. The zero-order chi connectivity index (χ0) is 20.3. The first kappa shape index (κ1) is 21.3. The molecule has 0 radical (unpaired) electrons. The van der Waals surface area contributed by atoms with Crippen LogP contribution in [0.1, 0.15) is 52.6 Å². The van der Waals surface area contributed by atoms with E-state index in [0.717, 1.165) is 11.3 Å². The summed E-state index contributed by atoms with van der Waals surface area (Å²) in [7, 11) is 0. The molecule has 0 spiro atoms. The fourth-order valence-electron chi connectivity index (χ4n) is 2.70. The minimum Gasteiger partial charge on any atom is -0.321 e. The van der Waals surface area contributed by atoms with Crippen LogP contribution in [-0.4, -0.2) is 23.3 Å². The predicted octanol–water partition coefficient (Wildman–Crippen LogP) is 6.16. The molecular weight excluding hydrogens is 408 g/mol. The van der Waals surface area contributed by atoms with Crippen molar-refractivity contribution >= 4 is 57.4 Å². The Bertz CT molecular complexity index is 865. The first-order valence-electron chi connectivity index (χ1n) is 9.30. The van der Waals surface area contributed by atoms with E-state index in [2.05, 4.69) is 22.8 Å². The minimum atomic E-state index is -0.476. The molecule has 7 heteroatoms. The largest absolute Gasteiger partial charge is 0.321 e. The summed E-state index contributed by atoms with van der Waals surface area (Å²) >= 11 is 5.24. The van der Waals surface area contributed by atoms with Crippen LogP contribution in [0.5, 0.6) is 0 Å². The molecule has 0 saturated carbocycles. The average Bonchev–Trinajstić information content (AvgIpc) is 3.02. The number of carbonyl (C=O) groups is 2. The smallest absolute Gasteiger partial charge is 0.266 e. The predicted molar refractivity (Wildman–Crippen MR) is 124 cm³/mol. The molecule has 0 bridgehead atoms.